The Bertz CT molecular complexity index is 229. The van der Waals surface area contributed by atoms with E-state index in [-0.39, 0.29) is 0 Å². The third kappa shape index (κ3) is 3.45. The molecule has 0 bridgehead atoms. The molecule has 0 aromatic heterocycles. The van der Waals surface area contributed by atoms with E-state index < -0.39 is 0 Å². The highest BCUT2D eigenvalue weighted by atomic mass is 15.2. The molecule has 0 radical (unpaired) electrons. The highest BCUT2D eigenvalue weighted by molar-refractivity contribution is 4.86. The average molecular weight is 238 g/mol. The molecule has 4 unspecified atom stereocenters. The van der Waals surface area contributed by atoms with Crippen molar-refractivity contribution in [3.63, 3.8) is 0 Å². The molecular formula is C15H30N2. The molecule has 0 saturated carbocycles. The van der Waals surface area contributed by atoms with Gasteiger partial charge in [0.1, 0.15) is 0 Å². The van der Waals surface area contributed by atoms with Gasteiger partial charge in [0.2, 0.25) is 0 Å². The van der Waals surface area contributed by atoms with Crippen LogP contribution in [0.4, 0.5) is 0 Å². The molecule has 2 aliphatic rings. The summed E-state index contributed by atoms with van der Waals surface area (Å²) in [6, 6.07) is 1.54. The smallest absolute Gasteiger partial charge is 0.0220 e. The molecule has 0 amide bonds. The molecule has 2 nitrogen and oxygen atoms in total. The molecule has 2 fully saturated rings. The Morgan fingerprint density at radius 2 is 2.00 bits per heavy atom. The van der Waals surface area contributed by atoms with Crippen LogP contribution in [0.5, 0.6) is 0 Å². The molecular weight excluding hydrogens is 208 g/mol. The maximum atomic E-state index is 3.73. The molecule has 0 aliphatic carbocycles. The predicted molar refractivity (Wildman–Crippen MR) is 74.2 cm³/mol. The van der Waals surface area contributed by atoms with Gasteiger partial charge in [-0.25, -0.2) is 0 Å². The van der Waals surface area contributed by atoms with E-state index in [1.165, 1.54) is 51.7 Å². The fourth-order valence-electron chi connectivity index (χ4n) is 3.46. The van der Waals surface area contributed by atoms with Crippen molar-refractivity contribution in [1.29, 1.82) is 0 Å². The lowest BCUT2D eigenvalue weighted by atomic mass is 9.88. The molecule has 0 spiro atoms. The van der Waals surface area contributed by atoms with Crippen molar-refractivity contribution in [2.45, 2.75) is 65.0 Å². The van der Waals surface area contributed by atoms with Crippen LogP contribution in [0.25, 0.3) is 0 Å². The van der Waals surface area contributed by atoms with E-state index in [9.17, 15) is 0 Å². The first-order valence-corrected chi connectivity index (χ1v) is 7.68. The Labute approximate surface area is 107 Å². The molecule has 2 saturated heterocycles. The second kappa shape index (κ2) is 6.19. The summed E-state index contributed by atoms with van der Waals surface area (Å²) >= 11 is 0. The van der Waals surface area contributed by atoms with Crippen LogP contribution in [0.15, 0.2) is 0 Å². The van der Waals surface area contributed by atoms with Gasteiger partial charge in [0.25, 0.3) is 0 Å². The van der Waals surface area contributed by atoms with E-state index in [1.807, 2.05) is 0 Å². The van der Waals surface area contributed by atoms with Crippen LogP contribution in [-0.4, -0.2) is 36.6 Å². The van der Waals surface area contributed by atoms with Crippen molar-refractivity contribution in [3.05, 3.63) is 0 Å². The minimum Gasteiger partial charge on any atom is -0.312 e. The van der Waals surface area contributed by atoms with Gasteiger partial charge in [-0.3, -0.25) is 4.90 Å². The summed E-state index contributed by atoms with van der Waals surface area (Å²) in [5, 5.41) is 3.73. The highest BCUT2D eigenvalue weighted by Gasteiger charge is 2.29. The fourth-order valence-corrected chi connectivity index (χ4v) is 3.46. The van der Waals surface area contributed by atoms with Gasteiger partial charge in [0.05, 0.1) is 0 Å². The maximum absolute atomic E-state index is 3.73. The fraction of sp³-hybridized carbons (Fsp3) is 1.00. The molecule has 1 N–H and O–H groups in total. The van der Waals surface area contributed by atoms with Crippen LogP contribution in [-0.2, 0) is 0 Å². The van der Waals surface area contributed by atoms with Crippen LogP contribution >= 0.6 is 0 Å². The van der Waals surface area contributed by atoms with Gasteiger partial charge < -0.3 is 5.32 Å². The highest BCUT2D eigenvalue weighted by Crippen LogP contribution is 2.26. The van der Waals surface area contributed by atoms with Gasteiger partial charge in [-0.05, 0) is 51.0 Å². The molecule has 2 aliphatic heterocycles. The van der Waals surface area contributed by atoms with Crippen LogP contribution in [0.2, 0.25) is 0 Å². The van der Waals surface area contributed by atoms with E-state index in [0.717, 1.165) is 23.9 Å². The van der Waals surface area contributed by atoms with Gasteiger partial charge in [-0.2, -0.15) is 0 Å². The number of nitrogens with one attached hydrogen (secondary N) is 1. The molecule has 2 rings (SSSR count). The Hall–Kier alpha value is -0.0800. The second-order valence-electron chi connectivity index (χ2n) is 6.33. The third-order valence-electron chi connectivity index (χ3n) is 5.05. The molecule has 100 valence electrons. The number of likely N-dealkylation sites (tertiary alicyclic amines) is 1. The molecule has 2 heteroatoms. The van der Waals surface area contributed by atoms with Crippen LogP contribution in [0.3, 0.4) is 0 Å². The first-order valence-electron chi connectivity index (χ1n) is 7.68. The van der Waals surface area contributed by atoms with Crippen molar-refractivity contribution in [2.75, 3.05) is 19.6 Å². The molecule has 17 heavy (non-hydrogen) atoms. The third-order valence-corrected chi connectivity index (χ3v) is 5.05. The van der Waals surface area contributed by atoms with Gasteiger partial charge >= 0.3 is 0 Å². The zero-order valence-corrected chi connectivity index (χ0v) is 11.9. The van der Waals surface area contributed by atoms with E-state index in [0.29, 0.717) is 0 Å². The number of piperidine rings is 2. The average Bonchev–Trinajstić information content (AvgIpc) is 2.35. The predicted octanol–water partition coefficient (Wildman–Crippen LogP) is 2.89. The van der Waals surface area contributed by atoms with Crippen LogP contribution in [0.1, 0.15) is 52.9 Å². The van der Waals surface area contributed by atoms with Crippen molar-refractivity contribution in [2.24, 2.45) is 11.8 Å². The van der Waals surface area contributed by atoms with Crippen molar-refractivity contribution in [1.82, 2.24) is 10.2 Å². The standard InChI is InChI=1S/C15H30N2/c1-4-14-8-7-13(3)17(10-14)11-15-12(2)6-5-9-16-15/h12-16H,4-11H2,1-3H3. The number of rotatable bonds is 3. The van der Waals surface area contributed by atoms with Crippen LogP contribution in [0, 0.1) is 11.8 Å². The van der Waals surface area contributed by atoms with E-state index in [4.69, 9.17) is 0 Å². The Morgan fingerprint density at radius 1 is 1.18 bits per heavy atom. The number of hydrogen-bond donors (Lipinski definition) is 1. The SMILES string of the molecule is CCC1CCC(C)N(CC2NCCCC2C)C1. The zero-order valence-electron chi connectivity index (χ0n) is 11.9. The Balaban J connectivity index is 1.87. The zero-order chi connectivity index (χ0) is 12.3. The lowest BCUT2D eigenvalue weighted by Gasteiger charge is -2.42. The first-order chi connectivity index (χ1) is 8.20. The number of nitrogens with zero attached hydrogens (tertiary/aromatic N) is 1. The Kier molecular flexibility index (Phi) is 4.87. The topological polar surface area (TPSA) is 15.3 Å². The van der Waals surface area contributed by atoms with Crippen LogP contribution < -0.4 is 5.32 Å². The lowest BCUT2D eigenvalue weighted by molar-refractivity contribution is 0.0888. The maximum Gasteiger partial charge on any atom is 0.0220 e. The normalized spacial score (nSPS) is 40.4. The van der Waals surface area contributed by atoms with Gasteiger partial charge in [0.15, 0.2) is 0 Å². The molecule has 4 atom stereocenters. The van der Waals surface area contributed by atoms with Crippen molar-refractivity contribution < 1.29 is 0 Å². The lowest BCUT2D eigenvalue weighted by Crippen LogP contribution is -2.52. The first kappa shape index (κ1) is 13.4. The summed E-state index contributed by atoms with van der Waals surface area (Å²) in [4.78, 5) is 2.75. The van der Waals surface area contributed by atoms with E-state index >= 15 is 0 Å². The summed E-state index contributed by atoms with van der Waals surface area (Å²) in [6.07, 6.45) is 6.99. The van der Waals surface area contributed by atoms with Crippen molar-refractivity contribution >= 4 is 0 Å². The summed E-state index contributed by atoms with van der Waals surface area (Å²) in [6.45, 7) is 11.0. The van der Waals surface area contributed by atoms with E-state index in [1.54, 1.807) is 0 Å². The van der Waals surface area contributed by atoms with Gasteiger partial charge in [-0.15, -0.1) is 0 Å². The monoisotopic (exact) mass is 238 g/mol. The molecule has 0 aromatic carbocycles. The quantitative estimate of drug-likeness (QED) is 0.813. The minimum atomic E-state index is 0.738. The van der Waals surface area contributed by atoms with Gasteiger partial charge in [-0.1, -0.05) is 20.3 Å². The largest absolute Gasteiger partial charge is 0.312 e. The summed E-state index contributed by atoms with van der Waals surface area (Å²) in [5.74, 6) is 1.81. The van der Waals surface area contributed by atoms with Crippen molar-refractivity contribution in [3.8, 4) is 0 Å². The molecule has 2 heterocycles. The summed E-state index contributed by atoms with van der Waals surface area (Å²) in [5.41, 5.74) is 0. The minimum absolute atomic E-state index is 0.738. The second-order valence-corrected chi connectivity index (χ2v) is 6.33. The Morgan fingerprint density at radius 3 is 2.71 bits per heavy atom. The van der Waals surface area contributed by atoms with Gasteiger partial charge in [0, 0.05) is 25.2 Å². The summed E-state index contributed by atoms with van der Waals surface area (Å²) < 4.78 is 0. The summed E-state index contributed by atoms with van der Waals surface area (Å²) in [7, 11) is 0. The number of hydrogen-bond acceptors (Lipinski definition) is 2. The molecule has 0 aromatic rings. The van der Waals surface area contributed by atoms with E-state index in [2.05, 4.69) is 31.0 Å².